The van der Waals surface area contributed by atoms with Gasteiger partial charge in [-0.05, 0) is 53.6 Å². The van der Waals surface area contributed by atoms with E-state index >= 15 is 0 Å². The number of hydrogen-bond donors (Lipinski definition) is 1. The first-order valence-corrected chi connectivity index (χ1v) is 10.9. The molecule has 4 aromatic rings. The number of hydrogen-bond acceptors (Lipinski definition) is 7. The molecule has 8 nitrogen and oxygen atoms in total. The lowest BCUT2D eigenvalue weighted by atomic mass is 9.94. The van der Waals surface area contributed by atoms with Crippen LogP contribution in [0.25, 0.3) is 16.5 Å². The molecule has 1 aromatic heterocycles. The quantitative estimate of drug-likeness (QED) is 0.254. The van der Waals surface area contributed by atoms with Crippen LogP contribution in [0.2, 0.25) is 0 Å². The third-order valence-corrected chi connectivity index (χ3v) is 6.06. The number of benzene rings is 3. The summed E-state index contributed by atoms with van der Waals surface area (Å²) in [6.45, 7) is 1.69. The molecule has 2 heterocycles. The molecule has 1 N–H and O–H groups in total. The zero-order valence-corrected chi connectivity index (χ0v) is 19.3. The SMILES string of the molecule is COc1ccc(C2/C(=C(\O)c3ccc4cc(OC)ccc4c3)C(=O)C(=O)N2c2cc(C)on2)cc1. The number of ether oxygens (including phenoxy) is 2. The molecule has 3 aromatic carbocycles. The highest BCUT2D eigenvalue weighted by Gasteiger charge is 2.48. The summed E-state index contributed by atoms with van der Waals surface area (Å²) in [4.78, 5) is 27.7. The number of carbonyl (C=O) groups excluding carboxylic acids is 2. The van der Waals surface area contributed by atoms with E-state index in [1.165, 1.54) is 4.90 Å². The number of rotatable bonds is 5. The van der Waals surface area contributed by atoms with E-state index in [1.807, 2.05) is 24.3 Å². The lowest BCUT2D eigenvalue weighted by Crippen LogP contribution is -2.29. The molecule has 1 amide bonds. The smallest absolute Gasteiger partial charge is 0.301 e. The van der Waals surface area contributed by atoms with Gasteiger partial charge in [0, 0.05) is 11.6 Å². The van der Waals surface area contributed by atoms with Gasteiger partial charge in [-0.3, -0.25) is 14.5 Å². The molecular weight excluding hydrogens is 448 g/mol. The van der Waals surface area contributed by atoms with Crippen molar-refractivity contribution in [2.24, 2.45) is 0 Å². The summed E-state index contributed by atoms with van der Waals surface area (Å²) in [6.07, 6.45) is 0. The molecule has 35 heavy (non-hydrogen) atoms. The Kier molecular flexibility index (Phi) is 5.49. The zero-order valence-electron chi connectivity index (χ0n) is 19.3. The third-order valence-electron chi connectivity index (χ3n) is 6.06. The fraction of sp³-hybridized carbons (Fsp3) is 0.148. The van der Waals surface area contributed by atoms with Crippen LogP contribution in [0.15, 0.2) is 76.8 Å². The zero-order chi connectivity index (χ0) is 24.7. The van der Waals surface area contributed by atoms with Crippen molar-refractivity contribution in [3.05, 3.63) is 89.2 Å². The number of methoxy groups -OCH3 is 2. The molecule has 1 aliphatic rings. The van der Waals surface area contributed by atoms with Crippen molar-refractivity contribution in [2.75, 3.05) is 19.1 Å². The first-order chi connectivity index (χ1) is 16.9. The average molecular weight is 470 g/mol. The van der Waals surface area contributed by atoms with Crippen LogP contribution < -0.4 is 14.4 Å². The van der Waals surface area contributed by atoms with Gasteiger partial charge in [-0.2, -0.15) is 0 Å². The number of anilines is 1. The lowest BCUT2D eigenvalue weighted by molar-refractivity contribution is -0.132. The van der Waals surface area contributed by atoms with Crippen LogP contribution in [0.5, 0.6) is 11.5 Å². The first-order valence-electron chi connectivity index (χ1n) is 10.9. The molecule has 1 atom stereocenters. The van der Waals surface area contributed by atoms with Gasteiger partial charge in [-0.1, -0.05) is 35.5 Å². The van der Waals surface area contributed by atoms with E-state index < -0.39 is 17.7 Å². The molecular formula is C27H22N2O6. The lowest BCUT2D eigenvalue weighted by Gasteiger charge is -2.23. The van der Waals surface area contributed by atoms with E-state index in [0.29, 0.717) is 28.4 Å². The van der Waals surface area contributed by atoms with E-state index in [2.05, 4.69) is 5.16 Å². The van der Waals surface area contributed by atoms with Crippen molar-refractivity contribution in [3.8, 4) is 11.5 Å². The molecule has 0 spiro atoms. The second kappa shape index (κ2) is 8.64. The largest absolute Gasteiger partial charge is 0.507 e. The van der Waals surface area contributed by atoms with Crippen LogP contribution in [0, 0.1) is 6.92 Å². The summed E-state index contributed by atoms with van der Waals surface area (Å²) in [5.74, 6) is 0.125. The van der Waals surface area contributed by atoms with Crippen LogP contribution >= 0.6 is 0 Å². The Hall–Kier alpha value is -4.59. The molecule has 1 aliphatic heterocycles. The number of aryl methyl sites for hydroxylation is 1. The van der Waals surface area contributed by atoms with E-state index in [4.69, 9.17) is 14.0 Å². The van der Waals surface area contributed by atoms with Crippen LogP contribution in [0.4, 0.5) is 5.82 Å². The normalized spacial score (nSPS) is 17.2. The van der Waals surface area contributed by atoms with Crippen LogP contribution in [-0.2, 0) is 9.59 Å². The number of carbonyl (C=O) groups is 2. The predicted molar refractivity (Wildman–Crippen MR) is 130 cm³/mol. The molecule has 0 aliphatic carbocycles. The number of ketones is 1. The van der Waals surface area contributed by atoms with Gasteiger partial charge in [0.15, 0.2) is 5.82 Å². The van der Waals surface area contributed by atoms with Crippen LogP contribution in [0.3, 0.4) is 0 Å². The second-order valence-electron chi connectivity index (χ2n) is 8.17. The maximum Gasteiger partial charge on any atom is 0.301 e. The summed E-state index contributed by atoms with van der Waals surface area (Å²) < 4.78 is 15.7. The minimum absolute atomic E-state index is 0.0336. The second-order valence-corrected chi connectivity index (χ2v) is 8.17. The standard InChI is InChI=1S/C27H22N2O6/c1-15-12-22(28-35-15)29-24(16-6-9-20(33-2)10-7-16)23(26(31)27(29)32)25(30)19-5-4-18-14-21(34-3)11-8-17(18)13-19/h4-14,24,30H,1-3H3/b25-23+. The number of aliphatic hydroxyl groups excluding tert-OH is 1. The van der Waals surface area contributed by atoms with Gasteiger partial charge in [0.2, 0.25) is 0 Å². The Balaban J connectivity index is 1.69. The molecule has 0 radical (unpaired) electrons. The highest BCUT2D eigenvalue weighted by molar-refractivity contribution is 6.51. The van der Waals surface area contributed by atoms with Crippen molar-refractivity contribution < 1.29 is 28.7 Å². The van der Waals surface area contributed by atoms with Crippen molar-refractivity contribution in [1.82, 2.24) is 5.16 Å². The van der Waals surface area contributed by atoms with Crippen LogP contribution in [-0.4, -0.2) is 36.2 Å². The van der Waals surface area contributed by atoms with Gasteiger partial charge < -0.3 is 19.1 Å². The van der Waals surface area contributed by atoms with E-state index in [9.17, 15) is 14.7 Å². The highest BCUT2D eigenvalue weighted by atomic mass is 16.5. The number of nitrogens with zero attached hydrogens (tertiary/aromatic N) is 2. The Morgan fingerprint density at radius 2 is 1.57 bits per heavy atom. The molecule has 176 valence electrons. The molecule has 5 rings (SSSR count). The fourth-order valence-electron chi connectivity index (χ4n) is 4.29. The van der Waals surface area contributed by atoms with Gasteiger partial charge in [0.05, 0.1) is 25.8 Å². The van der Waals surface area contributed by atoms with Gasteiger partial charge >= 0.3 is 5.91 Å². The molecule has 0 saturated carbocycles. The van der Waals surface area contributed by atoms with Crippen molar-refractivity contribution in [2.45, 2.75) is 13.0 Å². The number of Topliss-reactive ketones (excluding diaryl/α,β-unsaturated/α-hetero) is 1. The molecule has 1 saturated heterocycles. The number of aromatic nitrogens is 1. The maximum atomic E-state index is 13.3. The maximum absolute atomic E-state index is 13.3. The minimum atomic E-state index is -0.906. The van der Waals surface area contributed by atoms with E-state index in [-0.39, 0.29) is 17.2 Å². The summed E-state index contributed by atoms with van der Waals surface area (Å²) in [7, 11) is 3.14. The van der Waals surface area contributed by atoms with Gasteiger partial charge in [0.1, 0.15) is 23.0 Å². The third kappa shape index (κ3) is 3.78. The Morgan fingerprint density at radius 3 is 2.23 bits per heavy atom. The predicted octanol–water partition coefficient (Wildman–Crippen LogP) is 4.78. The van der Waals surface area contributed by atoms with E-state index in [0.717, 1.165) is 10.8 Å². The summed E-state index contributed by atoms with van der Waals surface area (Å²) >= 11 is 0. The summed E-state index contributed by atoms with van der Waals surface area (Å²) in [5, 5.41) is 17.1. The minimum Gasteiger partial charge on any atom is -0.507 e. The number of amides is 1. The van der Waals surface area contributed by atoms with Gasteiger partial charge in [0.25, 0.3) is 5.78 Å². The van der Waals surface area contributed by atoms with Crippen molar-refractivity contribution in [1.29, 1.82) is 0 Å². The fourth-order valence-corrected chi connectivity index (χ4v) is 4.29. The van der Waals surface area contributed by atoms with Crippen molar-refractivity contribution in [3.63, 3.8) is 0 Å². The Bertz CT molecular complexity index is 1490. The van der Waals surface area contributed by atoms with Gasteiger partial charge in [-0.25, -0.2) is 0 Å². The average Bonchev–Trinajstić information content (AvgIpc) is 3.43. The van der Waals surface area contributed by atoms with E-state index in [1.54, 1.807) is 63.6 Å². The Morgan fingerprint density at radius 1 is 0.914 bits per heavy atom. The monoisotopic (exact) mass is 470 g/mol. The van der Waals surface area contributed by atoms with Crippen molar-refractivity contribution >= 4 is 34.0 Å². The van der Waals surface area contributed by atoms with Crippen LogP contribution in [0.1, 0.15) is 22.9 Å². The number of aliphatic hydroxyl groups is 1. The molecule has 8 heteroatoms. The highest BCUT2D eigenvalue weighted by Crippen LogP contribution is 2.42. The number of fused-ring (bicyclic) bond motifs is 1. The van der Waals surface area contributed by atoms with Gasteiger partial charge in [-0.15, -0.1) is 0 Å². The summed E-state index contributed by atoms with van der Waals surface area (Å²) in [6, 6.07) is 18.5. The molecule has 0 bridgehead atoms. The topological polar surface area (TPSA) is 102 Å². The Labute approximate surface area is 201 Å². The molecule has 1 fully saturated rings. The molecule has 1 unspecified atom stereocenters. The first kappa shape index (κ1) is 22.2. The summed E-state index contributed by atoms with van der Waals surface area (Å²) in [5.41, 5.74) is 0.988.